The third-order valence-corrected chi connectivity index (χ3v) is 3.98. The number of fused-ring (bicyclic) bond motifs is 1. The lowest BCUT2D eigenvalue weighted by Gasteiger charge is -2.02. The van der Waals surface area contributed by atoms with Gasteiger partial charge < -0.3 is 0 Å². The molecular formula is C13H11BrN4S. The first kappa shape index (κ1) is 12.6. The van der Waals surface area contributed by atoms with Crippen molar-refractivity contribution in [3.05, 3.63) is 40.9 Å². The molecule has 0 spiro atoms. The second-order valence-electron chi connectivity index (χ2n) is 3.91. The number of rotatable bonds is 3. The highest BCUT2D eigenvalue weighted by Crippen LogP contribution is 2.22. The SMILES string of the molecule is CCSc1nnc2ccc(-c3ccc(Br)cc3)nn12. The van der Waals surface area contributed by atoms with E-state index in [4.69, 9.17) is 0 Å². The van der Waals surface area contributed by atoms with E-state index < -0.39 is 0 Å². The van der Waals surface area contributed by atoms with Crippen molar-refractivity contribution in [2.45, 2.75) is 12.1 Å². The molecule has 2 aromatic heterocycles. The van der Waals surface area contributed by atoms with Gasteiger partial charge in [0.25, 0.3) is 0 Å². The third kappa shape index (κ3) is 2.50. The third-order valence-electron chi connectivity index (χ3n) is 2.65. The number of nitrogens with zero attached hydrogens (tertiary/aromatic N) is 4. The zero-order valence-corrected chi connectivity index (χ0v) is 12.6. The Labute approximate surface area is 123 Å². The Morgan fingerprint density at radius 3 is 2.63 bits per heavy atom. The summed E-state index contributed by atoms with van der Waals surface area (Å²) < 4.78 is 2.86. The summed E-state index contributed by atoms with van der Waals surface area (Å²) in [7, 11) is 0. The van der Waals surface area contributed by atoms with Crippen LogP contribution in [0.5, 0.6) is 0 Å². The van der Waals surface area contributed by atoms with E-state index in [1.54, 1.807) is 16.3 Å². The summed E-state index contributed by atoms with van der Waals surface area (Å²) in [6.07, 6.45) is 0. The Bertz CT molecular complexity index is 708. The lowest BCUT2D eigenvalue weighted by molar-refractivity contribution is 0.813. The minimum atomic E-state index is 0.775. The largest absolute Gasteiger partial charge is 0.212 e. The summed E-state index contributed by atoms with van der Waals surface area (Å²) in [5.41, 5.74) is 2.76. The Hall–Kier alpha value is -1.40. The van der Waals surface area contributed by atoms with Crippen LogP contribution in [0.2, 0.25) is 0 Å². The highest BCUT2D eigenvalue weighted by Gasteiger charge is 2.08. The average Bonchev–Trinajstić information content (AvgIpc) is 2.83. The second-order valence-corrected chi connectivity index (χ2v) is 6.06. The van der Waals surface area contributed by atoms with Crippen LogP contribution in [-0.2, 0) is 0 Å². The van der Waals surface area contributed by atoms with Crippen LogP contribution >= 0.6 is 27.7 Å². The Morgan fingerprint density at radius 1 is 1.11 bits per heavy atom. The van der Waals surface area contributed by atoms with Crippen molar-refractivity contribution in [1.82, 2.24) is 19.8 Å². The fraction of sp³-hybridized carbons (Fsp3) is 0.154. The minimum Gasteiger partial charge on any atom is -0.187 e. The maximum Gasteiger partial charge on any atom is 0.212 e. The maximum absolute atomic E-state index is 4.61. The van der Waals surface area contributed by atoms with Gasteiger partial charge in [-0.05, 0) is 30.0 Å². The molecule has 2 heterocycles. The molecule has 0 unspecified atom stereocenters. The van der Waals surface area contributed by atoms with Crippen molar-refractivity contribution in [3.63, 3.8) is 0 Å². The van der Waals surface area contributed by atoms with Gasteiger partial charge in [0.05, 0.1) is 5.69 Å². The highest BCUT2D eigenvalue weighted by molar-refractivity contribution is 9.10. The van der Waals surface area contributed by atoms with E-state index in [-0.39, 0.29) is 0 Å². The van der Waals surface area contributed by atoms with Gasteiger partial charge in [-0.2, -0.15) is 9.61 Å². The molecule has 0 aliphatic heterocycles. The Balaban J connectivity index is 2.09. The standard InChI is InChI=1S/C13H11BrN4S/c1-2-19-13-16-15-12-8-7-11(17-18(12)13)9-3-5-10(14)6-4-9/h3-8H,2H2,1H3. The topological polar surface area (TPSA) is 43.1 Å². The molecule has 3 aromatic rings. The lowest BCUT2D eigenvalue weighted by atomic mass is 10.1. The van der Waals surface area contributed by atoms with Gasteiger partial charge in [0.15, 0.2) is 5.65 Å². The van der Waals surface area contributed by atoms with E-state index in [2.05, 4.69) is 38.1 Å². The first-order valence-corrected chi connectivity index (χ1v) is 7.67. The first-order valence-electron chi connectivity index (χ1n) is 5.89. The highest BCUT2D eigenvalue weighted by atomic mass is 79.9. The molecule has 0 saturated heterocycles. The molecule has 96 valence electrons. The molecule has 0 radical (unpaired) electrons. The van der Waals surface area contributed by atoms with Gasteiger partial charge >= 0.3 is 0 Å². The van der Waals surface area contributed by atoms with E-state index in [9.17, 15) is 0 Å². The molecule has 0 N–H and O–H groups in total. The molecule has 0 amide bonds. The van der Waals surface area contributed by atoms with Crippen molar-refractivity contribution in [2.24, 2.45) is 0 Å². The second kappa shape index (κ2) is 5.30. The average molecular weight is 335 g/mol. The zero-order valence-electron chi connectivity index (χ0n) is 10.2. The van der Waals surface area contributed by atoms with Gasteiger partial charge in [0, 0.05) is 10.0 Å². The van der Waals surface area contributed by atoms with Gasteiger partial charge in [0.1, 0.15) is 0 Å². The molecule has 6 heteroatoms. The number of aromatic nitrogens is 4. The van der Waals surface area contributed by atoms with Crippen LogP contribution in [0, 0.1) is 0 Å². The van der Waals surface area contributed by atoms with Crippen LogP contribution in [0.3, 0.4) is 0 Å². The first-order chi connectivity index (χ1) is 9.28. The number of hydrogen-bond acceptors (Lipinski definition) is 4. The lowest BCUT2D eigenvalue weighted by Crippen LogP contribution is -1.96. The normalized spacial score (nSPS) is 11.1. The molecule has 1 aromatic carbocycles. The fourth-order valence-corrected chi connectivity index (χ4v) is 2.64. The van der Waals surface area contributed by atoms with Crippen molar-refractivity contribution < 1.29 is 0 Å². The molecule has 4 nitrogen and oxygen atoms in total. The molecule has 0 saturated carbocycles. The number of benzene rings is 1. The van der Waals surface area contributed by atoms with E-state index in [0.717, 1.165) is 32.3 Å². The minimum absolute atomic E-state index is 0.775. The van der Waals surface area contributed by atoms with Crippen LogP contribution in [0.4, 0.5) is 0 Å². The predicted molar refractivity (Wildman–Crippen MR) is 80.3 cm³/mol. The van der Waals surface area contributed by atoms with Crippen molar-refractivity contribution in [2.75, 3.05) is 5.75 Å². The molecule has 19 heavy (non-hydrogen) atoms. The molecule has 0 aliphatic rings. The number of thioether (sulfide) groups is 1. The number of hydrogen-bond donors (Lipinski definition) is 0. The summed E-state index contributed by atoms with van der Waals surface area (Å²) in [6.45, 7) is 2.09. The van der Waals surface area contributed by atoms with E-state index in [1.165, 1.54) is 0 Å². The molecule has 3 rings (SSSR count). The van der Waals surface area contributed by atoms with Crippen LogP contribution in [0.1, 0.15) is 6.92 Å². The summed E-state index contributed by atoms with van der Waals surface area (Å²) in [4.78, 5) is 0. The van der Waals surface area contributed by atoms with Gasteiger partial charge in [-0.15, -0.1) is 10.2 Å². The van der Waals surface area contributed by atoms with Crippen LogP contribution in [0.25, 0.3) is 16.9 Å². The quantitative estimate of drug-likeness (QED) is 0.685. The van der Waals surface area contributed by atoms with E-state index >= 15 is 0 Å². The van der Waals surface area contributed by atoms with E-state index in [1.807, 2.05) is 36.4 Å². The van der Waals surface area contributed by atoms with Crippen LogP contribution in [-0.4, -0.2) is 25.6 Å². The molecule has 0 bridgehead atoms. The molecular weight excluding hydrogens is 324 g/mol. The maximum atomic E-state index is 4.61. The van der Waals surface area contributed by atoms with Crippen molar-refractivity contribution >= 4 is 33.3 Å². The fourth-order valence-electron chi connectivity index (χ4n) is 1.76. The summed E-state index contributed by atoms with van der Waals surface area (Å²) in [5, 5.41) is 13.7. The Kier molecular flexibility index (Phi) is 3.52. The van der Waals surface area contributed by atoms with Crippen molar-refractivity contribution in [1.29, 1.82) is 0 Å². The molecule has 0 aliphatic carbocycles. The molecule has 0 atom stereocenters. The smallest absolute Gasteiger partial charge is 0.187 e. The zero-order chi connectivity index (χ0) is 13.2. The summed E-state index contributed by atoms with van der Waals surface area (Å²) >= 11 is 5.07. The predicted octanol–water partition coefficient (Wildman–Crippen LogP) is 3.67. The monoisotopic (exact) mass is 334 g/mol. The Morgan fingerprint density at radius 2 is 1.89 bits per heavy atom. The van der Waals surface area contributed by atoms with E-state index in [0.29, 0.717) is 0 Å². The summed E-state index contributed by atoms with van der Waals surface area (Å²) in [5.74, 6) is 0.949. The van der Waals surface area contributed by atoms with Gasteiger partial charge in [0.2, 0.25) is 5.16 Å². The van der Waals surface area contributed by atoms with Crippen LogP contribution < -0.4 is 0 Å². The van der Waals surface area contributed by atoms with Gasteiger partial charge in [-0.1, -0.05) is 46.7 Å². The van der Waals surface area contributed by atoms with Crippen LogP contribution in [0.15, 0.2) is 46.0 Å². The number of halogens is 1. The van der Waals surface area contributed by atoms with Gasteiger partial charge in [-0.25, -0.2) is 0 Å². The molecule has 0 fully saturated rings. The van der Waals surface area contributed by atoms with Gasteiger partial charge in [-0.3, -0.25) is 0 Å². The van der Waals surface area contributed by atoms with Crippen molar-refractivity contribution in [3.8, 4) is 11.3 Å². The summed E-state index contributed by atoms with van der Waals surface area (Å²) in [6, 6.07) is 12.0.